The number of fused-ring (bicyclic) bond motifs is 1. The largest absolute Gasteiger partial charge is 0.440 e. The first kappa shape index (κ1) is 12.8. The van der Waals surface area contributed by atoms with Gasteiger partial charge in [-0.15, -0.1) is 0 Å². The number of hydrogen-bond acceptors (Lipinski definition) is 3. The lowest BCUT2D eigenvalue weighted by molar-refractivity contribution is 0.411. The Bertz CT molecular complexity index is 540. The quantitative estimate of drug-likeness (QED) is 0.575. The van der Waals surface area contributed by atoms with Gasteiger partial charge in [0.25, 0.3) is 0 Å². The molecule has 18 heavy (non-hydrogen) atoms. The Morgan fingerprint density at radius 3 is 2.17 bits per heavy atom. The van der Waals surface area contributed by atoms with E-state index in [4.69, 9.17) is 4.42 Å². The zero-order valence-corrected chi connectivity index (χ0v) is 11.7. The summed E-state index contributed by atoms with van der Waals surface area (Å²) < 4.78 is 5.62. The van der Waals surface area contributed by atoms with Crippen LogP contribution in [0.2, 0.25) is 0 Å². The van der Waals surface area contributed by atoms with Gasteiger partial charge in [-0.05, 0) is 22.9 Å². The first-order valence-electron chi connectivity index (χ1n) is 5.90. The molecule has 0 fully saturated rings. The number of oxazole rings is 1. The maximum Gasteiger partial charge on any atom is 0.200 e. The Labute approximate surface area is 111 Å². The SMILES string of the molecule is CC(C)(C)c1nc2ccccc2o1.c1ccsc1. The summed E-state index contributed by atoms with van der Waals surface area (Å²) in [5.41, 5.74) is 1.79. The summed E-state index contributed by atoms with van der Waals surface area (Å²) in [6.07, 6.45) is 0. The van der Waals surface area contributed by atoms with Crippen molar-refractivity contribution in [2.75, 3.05) is 0 Å². The van der Waals surface area contributed by atoms with Gasteiger partial charge in [0, 0.05) is 5.41 Å². The highest BCUT2D eigenvalue weighted by Crippen LogP contribution is 2.25. The Hall–Kier alpha value is -1.61. The van der Waals surface area contributed by atoms with Crippen LogP contribution in [0, 0.1) is 0 Å². The van der Waals surface area contributed by atoms with Crippen molar-refractivity contribution < 1.29 is 4.42 Å². The molecule has 0 aliphatic rings. The second-order valence-corrected chi connectivity index (χ2v) is 5.85. The van der Waals surface area contributed by atoms with Gasteiger partial charge in [-0.3, -0.25) is 0 Å². The molecule has 2 heterocycles. The average molecular weight is 259 g/mol. The highest BCUT2D eigenvalue weighted by atomic mass is 32.1. The van der Waals surface area contributed by atoms with E-state index in [2.05, 4.69) is 25.8 Å². The molecule has 0 unspecified atom stereocenters. The number of thiophene rings is 1. The second-order valence-electron chi connectivity index (χ2n) is 5.03. The molecule has 0 bridgehead atoms. The van der Waals surface area contributed by atoms with E-state index in [0.29, 0.717) is 0 Å². The summed E-state index contributed by atoms with van der Waals surface area (Å²) in [5.74, 6) is 0.800. The lowest BCUT2D eigenvalue weighted by Gasteiger charge is -2.11. The number of hydrogen-bond donors (Lipinski definition) is 0. The zero-order valence-electron chi connectivity index (χ0n) is 10.9. The van der Waals surface area contributed by atoms with E-state index < -0.39 is 0 Å². The van der Waals surface area contributed by atoms with E-state index in [1.807, 2.05) is 47.2 Å². The fourth-order valence-electron chi connectivity index (χ4n) is 1.42. The molecular weight excluding hydrogens is 242 g/mol. The molecule has 0 aliphatic heterocycles. The number of benzene rings is 1. The number of para-hydroxylation sites is 2. The van der Waals surface area contributed by atoms with Crippen molar-refractivity contribution >= 4 is 22.4 Å². The minimum absolute atomic E-state index is 0.0149. The molecule has 0 saturated heterocycles. The predicted molar refractivity (Wildman–Crippen MR) is 77.0 cm³/mol. The van der Waals surface area contributed by atoms with E-state index in [0.717, 1.165) is 17.0 Å². The van der Waals surface area contributed by atoms with Crippen LogP contribution < -0.4 is 0 Å². The summed E-state index contributed by atoms with van der Waals surface area (Å²) in [6, 6.07) is 11.9. The standard InChI is InChI=1S/C11H13NO.C4H4S/c1-11(2,3)10-12-8-6-4-5-7-9(8)13-10;1-2-4-5-3-1/h4-7H,1-3H3;1-4H. The molecule has 0 atom stereocenters. The summed E-state index contributed by atoms with van der Waals surface area (Å²) >= 11 is 1.71. The van der Waals surface area contributed by atoms with E-state index in [-0.39, 0.29) is 5.41 Å². The fourth-order valence-corrected chi connectivity index (χ4v) is 1.87. The third kappa shape index (κ3) is 3.20. The minimum Gasteiger partial charge on any atom is -0.440 e. The molecule has 0 spiro atoms. The maximum atomic E-state index is 5.62. The highest BCUT2D eigenvalue weighted by Gasteiger charge is 2.20. The molecule has 3 heteroatoms. The van der Waals surface area contributed by atoms with Crippen LogP contribution in [0.1, 0.15) is 26.7 Å². The molecule has 3 aromatic rings. The first-order chi connectivity index (χ1) is 8.57. The van der Waals surface area contributed by atoms with E-state index >= 15 is 0 Å². The van der Waals surface area contributed by atoms with Crippen LogP contribution in [0.15, 0.2) is 51.6 Å². The molecule has 3 rings (SSSR count). The third-order valence-electron chi connectivity index (χ3n) is 2.36. The van der Waals surface area contributed by atoms with Crippen molar-refractivity contribution in [3.05, 3.63) is 53.0 Å². The highest BCUT2D eigenvalue weighted by molar-refractivity contribution is 7.07. The molecule has 94 valence electrons. The Kier molecular flexibility index (Phi) is 3.82. The van der Waals surface area contributed by atoms with Crippen LogP contribution in [-0.4, -0.2) is 4.98 Å². The summed E-state index contributed by atoms with van der Waals surface area (Å²) in [4.78, 5) is 4.42. The molecule has 0 radical (unpaired) electrons. The molecule has 1 aromatic carbocycles. The summed E-state index contributed by atoms with van der Waals surface area (Å²) in [7, 11) is 0. The molecule has 0 amide bonds. The smallest absolute Gasteiger partial charge is 0.200 e. The topological polar surface area (TPSA) is 26.0 Å². The lowest BCUT2D eigenvalue weighted by Crippen LogP contribution is -2.10. The van der Waals surface area contributed by atoms with E-state index in [9.17, 15) is 0 Å². The number of aromatic nitrogens is 1. The van der Waals surface area contributed by atoms with Gasteiger partial charge in [0.2, 0.25) is 5.89 Å². The van der Waals surface area contributed by atoms with Crippen molar-refractivity contribution in [1.82, 2.24) is 4.98 Å². The van der Waals surface area contributed by atoms with Crippen LogP contribution in [0.5, 0.6) is 0 Å². The zero-order chi connectivity index (χ0) is 13.0. The van der Waals surface area contributed by atoms with Crippen molar-refractivity contribution in [3.8, 4) is 0 Å². The Morgan fingerprint density at radius 1 is 1.00 bits per heavy atom. The Morgan fingerprint density at radius 2 is 1.67 bits per heavy atom. The molecule has 2 aromatic heterocycles. The third-order valence-corrected chi connectivity index (χ3v) is 2.99. The van der Waals surface area contributed by atoms with Gasteiger partial charge in [-0.2, -0.15) is 11.3 Å². The molecule has 2 nitrogen and oxygen atoms in total. The minimum atomic E-state index is -0.0149. The van der Waals surface area contributed by atoms with Crippen LogP contribution in [-0.2, 0) is 5.41 Å². The van der Waals surface area contributed by atoms with Crippen LogP contribution in [0.4, 0.5) is 0 Å². The number of nitrogens with zero attached hydrogens (tertiary/aromatic N) is 1. The summed E-state index contributed by atoms with van der Waals surface area (Å²) in [6.45, 7) is 6.28. The van der Waals surface area contributed by atoms with Crippen molar-refractivity contribution in [1.29, 1.82) is 0 Å². The van der Waals surface area contributed by atoms with Gasteiger partial charge in [-0.1, -0.05) is 45.0 Å². The van der Waals surface area contributed by atoms with Crippen molar-refractivity contribution in [2.24, 2.45) is 0 Å². The Balaban J connectivity index is 0.000000202. The van der Waals surface area contributed by atoms with Gasteiger partial charge >= 0.3 is 0 Å². The van der Waals surface area contributed by atoms with Crippen LogP contribution in [0.25, 0.3) is 11.1 Å². The van der Waals surface area contributed by atoms with Crippen LogP contribution >= 0.6 is 11.3 Å². The van der Waals surface area contributed by atoms with Gasteiger partial charge in [-0.25, -0.2) is 4.98 Å². The first-order valence-corrected chi connectivity index (χ1v) is 6.85. The summed E-state index contributed by atoms with van der Waals surface area (Å²) in [5, 5.41) is 4.08. The number of rotatable bonds is 0. The lowest BCUT2D eigenvalue weighted by atomic mass is 9.97. The maximum absolute atomic E-state index is 5.62. The molecular formula is C15H17NOS. The van der Waals surface area contributed by atoms with Crippen molar-refractivity contribution in [3.63, 3.8) is 0 Å². The van der Waals surface area contributed by atoms with Crippen LogP contribution in [0.3, 0.4) is 0 Å². The van der Waals surface area contributed by atoms with E-state index in [1.165, 1.54) is 0 Å². The average Bonchev–Trinajstić information content (AvgIpc) is 3.01. The van der Waals surface area contributed by atoms with E-state index in [1.54, 1.807) is 11.3 Å². The van der Waals surface area contributed by atoms with Gasteiger partial charge in [0.05, 0.1) is 0 Å². The van der Waals surface area contributed by atoms with Gasteiger partial charge < -0.3 is 4.42 Å². The fraction of sp³-hybridized carbons (Fsp3) is 0.267. The van der Waals surface area contributed by atoms with Crippen molar-refractivity contribution in [2.45, 2.75) is 26.2 Å². The van der Waals surface area contributed by atoms with Gasteiger partial charge in [0.15, 0.2) is 5.58 Å². The molecule has 0 saturated carbocycles. The predicted octanol–water partition coefficient (Wildman–Crippen LogP) is 4.87. The second kappa shape index (κ2) is 5.36. The van der Waals surface area contributed by atoms with Gasteiger partial charge in [0.1, 0.15) is 5.52 Å². The monoisotopic (exact) mass is 259 g/mol. The molecule has 0 aliphatic carbocycles. The molecule has 0 N–H and O–H groups in total. The normalized spacial score (nSPS) is 11.1.